The first-order valence-corrected chi connectivity index (χ1v) is 3.96. The molecule has 2 atom stereocenters. The maximum Gasteiger partial charge on any atom is 0.158 e. The molecule has 1 aliphatic carbocycles. The Morgan fingerprint density at radius 2 is 2.40 bits per heavy atom. The van der Waals surface area contributed by atoms with E-state index >= 15 is 0 Å². The monoisotopic (exact) mass is 138 g/mol. The third-order valence-electron chi connectivity index (χ3n) is 2.40. The van der Waals surface area contributed by atoms with Gasteiger partial charge in [-0.1, -0.05) is 26.3 Å². The highest BCUT2D eigenvalue weighted by Gasteiger charge is 2.22. The van der Waals surface area contributed by atoms with Crippen LogP contribution in [0.4, 0.5) is 0 Å². The summed E-state index contributed by atoms with van der Waals surface area (Å²) >= 11 is 0. The highest BCUT2D eigenvalue weighted by atomic mass is 16.1. The lowest BCUT2D eigenvalue weighted by Gasteiger charge is -2.21. The zero-order valence-corrected chi connectivity index (χ0v) is 6.63. The molecular weight excluding hydrogens is 124 g/mol. The minimum absolute atomic E-state index is 0.259. The average Bonchev–Trinajstić information content (AvgIpc) is 1.95. The Hall–Kier alpha value is -0.590. The van der Waals surface area contributed by atoms with Gasteiger partial charge in [-0.2, -0.15) is 0 Å². The summed E-state index contributed by atoms with van der Waals surface area (Å²) in [5, 5.41) is 0. The van der Waals surface area contributed by atoms with E-state index in [4.69, 9.17) is 0 Å². The molecule has 1 aliphatic rings. The SMILES string of the molecule is CCC1CC=CC(=O)C1C. The first kappa shape index (κ1) is 7.52. The topological polar surface area (TPSA) is 17.1 Å². The number of rotatable bonds is 1. The van der Waals surface area contributed by atoms with Crippen molar-refractivity contribution >= 4 is 5.78 Å². The highest BCUT2D eigenvalue weighted by Crippen LogP contribution is 2.24. The van der Waals surface area contributed by atoms with Crippen LogP contribution in [0.2, 0.25) is 0 Å². The average molecular weight is 138 g/mol. The van der Waals surface area contributed by atoms with Crippen LogP contribution in [0.1, 0.15) is 26.7 Å². The van der Waals surface area contributed by atoms with Crippen LogP contribution in [-0.2, 0) is 4.79 Å². The summed E-state index contributed by atoms with van der Waals surface area (Å²) in [6.45, 7) is 4.17. The van der Waals surface area contributed by atoms with Gasteiger partial charge in [0.1, 0.15) is 0 Å². The van der Waals surface area contributed by atoms with Crippen LogP contribution < -0.4 is 0 Å². The minimum Gasteiger partial charge on any atom is -0.295 e. The molecule has 0 bridgehead atoms. The zero-order chi connectivity index (χ0) is 7.56. The van der Waals surface area contributed by atoms with E-state index < -0.39 is 0 Å². The first-order chi connectivity index (χ1) is 4.75. The molecule has 0 heterocycles. The van der Waals surface area contributed by atoms with E-state index in [1.807, 2.05) is 13.0 Å². The predicted octanol–water partition coefficient (Wildman–Crippen LogP) is 2.18. The van der Waals surface area contributed by atoms with Crippen LogP contribution >= 0.6 is 0 Å². The summed E-state index contributed by atoms with van der Waals surface area (Å²) in [6, 6.07) is 0. The summed E-state index contributed by atoms with van der Waals surface area (Å²) in [6.07, 6.45) is 5.92. The maximum absolute atomic E-state index is 11.1. The normalized spacial score (nSPS) is 32.8. The lowest BCUT2D eigenvalue weighted by Crippen LogP contribution is -2.21. The van der Waals surface area contributed by atoms with Crippen molar-refractivity contribution in [3.8, 4) is 0 Å². The van der Waals surface area contributed by atoms with Gasteiger partial charge < -0.3 is 0 Å². The molecule has 0 aromatic rings. The Morgan fingerprint density at radius 3 is 2.90 bits per heavy atom. The Kier molecular flexibility index (Phi) is 2.25. The molecule has 2 unspecified atom stereocenters. The van der Waals surface area contributed by atoms with Crippen molar-refractivity contribution in [3.05, 3.63) is 12.2 Å². The van der Waals surface area contributed by atoms with Gasteiger partial charge in [0.2, 0.25) is 0 Å². The summed E-state index contributed by atoms with van der Waals surface area (Å²) in [5.74, 6) is 1.16. The summed E-state index contributed by atoms with van der Waals surface area (Å²) in [4.78, 5) is 11.1. The van der Waals surface area contributed by atoms with Crippen LogP contribution in [0.25, 0.3) is 0 Å². The van der Waals surface area contributed by atoms with Crippen LogP contribution in [-0.4, -0.2) is 5.78 Å². The molecule has 0 aliphatic heterocycles. The number of allylic oxidation sites excluding steroid dienone is 2. The molecule has 0 radical (unpaired) electrons. The van der Waals surface area contributed by atoms with Gasteiger partial charge in [-0.05, 0) is 18.4 Å². The lowest BCUT2D eigenvalue weighted by atomic mass is 9.82. The van der Waals surface area contributed by atoms with Crippen LogP contribution in [0.15, 0.2) is 12.2 Å². The standard InChI is InChI=1S/C9H14O/c1-3-8-5-4-6-9(10)7(8)2/h4,6-8H,3,5H2,1-2H3. The number of hydrogen-bond donors (Lipinski definition) is 0. The molecule has 1 nitrogen and oxygen atoms in total. The molecule has 0 saturated heterocycles. The molecule has 0 saturated carbocycles. The molecule has 10 heavy (non-hydrogen) atoms. The van der Waals surface area contributed by atoms with Crippen molar-refractivity contribution in [2.45, 2.75) is 26.7 Å². The Balaban J connectivity index is 2.65. The van der Waals surface area contributed by atoms with Crippen molar-refractivity contribution in [3.63, 3.8) is 0 Å². The fourth-order valence-electron chi connectivity index (χ4n) is 1.47. The lowest BCUT2D eigenvalue weighted by molar-refractivity contribution is -0.119. The molecule has 0 N–H and O–H groups in total. The van der Waals surface area contributed by atoms with Crippen LogP contribution in [0, 0.1) is 11.8 Å². The molecule has 1 rings (SSSR count). The molecule has 0 aromatic heterocycles. The van der Waals surface area contributed by atoms with Gasteiger partial charge in [-0.3, -0.25) is 4.79 Å². The second kappa shape index (κ2) is 3.00. The Bertz CT molecular complexity index is 158. The quantitative estimate of drug-likeness (QED) is 0.542. The number of ketones is 1. The van der Waals surface area contributed by atoms with Crippen molar-refractivity contribution in [2.75, 3.05) is 0 Å². The van der Waals surface area contributed by atoms with Crippen molar-refractivity contribution < 1.29 is 4.79 Å². The Morgan fingerprint density at radius 1 is 1.70 bits per heavy atom. The maximum atomic E-state index is 11.1. The molecule has 0 aromatic carbocycles. The highest BCUT2D eigenvalue weighted by molar-refractivity contribution is 5.92. The van der Waals surface area contributed by atoms with E-state index in [1.54, 1.807) is 6.08 Å². The number of carbonyl (C=O) groups excluding carboxylic acids is 1. The zero-order valence-electron chi connectivity index (χ0n) is 6.63. The van der Waals surface area contributed by atoms with Gasteiger partial charge >= 0.3 is 0 Å². The smallest absolute Gasteiger partial charge is 0.158 e. The predicted molar refractivity (Wildman–Crippen MR) is 41.7 cm³/mol. The molecule has 0 amide bonds. The van der Waals surface area contributed by atoms with Gasteiger partial charge in [0.15, 0.2) is 5.78 Å². The summed E-state index contributed by atoms with van der Waals surface area (Å²) in [7, 11) is 0. The van der Waals surface area contributed by atoms with Gasteiger partial charge in [-0.25, -0.2) is 0 Å². The second-order valence-electron chi connectivity index (χ2n) is 3.00. The van der Waals surface area contributed by atoms with Gasteiger partial charge in [0.25, 0.3) is 0 Å². The number of hydrogen-bond acceptors (Lipinski definition) is 1. The van der Waals surface area contributed by atoms with Gasteiger partial charge in [0, 0.05) is 5.92 Å². The van der Waals surface area contributed by atoms with Crippen molar-refractivity contribution in [1.29, 1.82) is 0 Å². The van der Waals surface area contributed by atoms with E-state index in [0.717, 1.165) is 12.8 Å². The van der Waals surface area contributed by atoms with E-state index in [1.165, 1.54) is 0 Å². The molecule has 1 heteroatoms. The fourth-order valence-corrected chi connectivity index (χ4v) is 1.47. The molecule has 0 fully saturated rings. The van der Waals surface area contributed by atoms with E-state index in [9.17, 15) is 4.79 Å². The van der Waals surface area contributed by atoms with Crippen LogP contribution in [0.3, 0.4) is 0 Å². The molecule has 56 valence electrons. The van der Waals surface area contributed by atoms with Crippen LogP contribution in [0.5, 0.6) is 0 Å². The largest absolute Gasteiger partial charge is 0.295 e. The minimum atomic E-state index is 0.259. The summed E-state index contributed by atoms with van der Waals surface area (Å²) < 4.78 is 0. The Labute approximate surface area is 62.1 Å². The third-order valence-corrected chi connectivity index (χ3v) is 2.40. The third kappa shape index (κ3) is 1.28. The van der Waals surface area contributed by atoms with E-state index in [2.05, 4.69) is 6.92 Å². The van der Waals surface area contributed by atoms with Gasteiger partial charge in [0.05, 0.1) is 0 Å². The number of carbonyl (C=O) groups is 1. The van der Waals surface area contributed by atoms with Crippen molar-refractivity contribution in [2.24, 2.45) is 11.8 Å². The summed E-state index contributed by atoms with van der Waals surface area (Å²) in [5.41, 5.74) is 0. The van der Waals surface area contributed by atoms with Crippen molar-refractivity contribution in [1.82, 2.24) is 0 Å². The second-order valence-corrected chi connectivity index (χ2v) is 3.00. The first-order valence-electron chi connectivity index (χ1n) is 3.96. The molecular formula is C9H14O. The van der Waals surface area contributed by atoms with E-state index in [0.29, 0.717) is 11.7 Å². The van der Waals surface area contributed by atoms with Gasteiger partial charge in [-0.15, -0.1) is 0 Å². The molecule has 0 spiro atoms. The fraction of sp³-hybridized carbons (Fsp3) is 0.667. The van der Waals surface area contributed by atoms with E-state index in [-0.39, 0.29) is 5.92 Å².